The number of para-hydroxylation sites is 1. The summed E-state index contributed by atoms with van der Waals surface area (Å²) in [5.74, 6) is -3.78. The normalized spacial score (nSPS) is 10.7. The highest BCUT2D eigenvalue weighted by atomic mass is 35.5. The van der Waals surface area contributed by atoms with Crippen LogP contribution in [0.2, 0.25) is 5.02 Å². The van der Waals surface area contributed by atoms with Crippen LogP contribution in [0, 0.1) is 18.6 Å². The molecule has 0 aromatic heterocycles. The molecule has 26 heavy (non-hydrogen) atoms. The number of hydrogen-bond acceptors (Lipinski definition) is 3. The number of carbonyl (C=O) groups excluding carboxylic acids is 2. The van der Waals surface area contributed by atoms with E-state index in [4.69, 9.17) is 16.3 Å². The van der Waals surface area contributed by atoms with Crippen molar-refractivity contribution in [2.75, 3.05) is 11.9 Å². The van der Waals surface area contributed by atoms with Crippen LogP contribution in [0.5, 0.6) is 0 Å². The highest BCUT2D eigenvalue weighted by Crippen LogP contribution is 2.27. The van der Waals surface area contributed by atoms with Crippen LogP contribution < -0.4 is 5.32 Å². The Morgan fingerprint density at radius 3 is 2.50 bits per heavy atom. The summed E-state index contributed by atoms with van der Waals surface area (Å²) in [5, 5.41) is 2.42. The molecule has 7 heteroatoms. The van der Waals surface area contributed by atoms with Crippen LogP contribution in [-0.2, 0) is 9.53 Å². The Bertz CT molecular complexity index is 853. The average molecular weight is 382 g/mol. The summed E-state index contributed by atoms with van der Waals surface area (Å²) < 4.78 is 31.1. The molecular weight excluding hydrogens is 364 g/mol. The van der Waals surface area contributed by atoms with Crippen molar-refractivity contribution in [3.05, 3.63) is 63.7 Å². The van der Waals surface area contributed by atoms with E-state index in [1.165, 1.54) is 0 Å². The number of carbonyl (C=O) groups is 2. The van der Waals surface area contributed by atoms with Gasteiger partial charge < -0.3 is 10.1 Å². The van der Waals surface area contributed by atoms with Crippen molar-refractivity contribution in [1.29, 1.82) is 0 Å². The number of nitrogens with one attached hydrogen (secondary N) is 1. The first kappa shape index (κ1) is 19.8. The third kappa shape index (κ3) is 4.58. The maximum atomic E-state index is 13.2. The molecule has 0 unspecified atom stereocenters. The zero-order chi connectivity index (χ0) is 19.4. The van der Waals surface area contributed by atoms with Gasteiger partial charge in [-0.15, -0.1) is 0 Å². The molecule has 0 bridgehead atoms. The number of amides is 1. The number of rotatable bonds is 5. The molecule has 4 nitrogen and oxygen atoms in total. The lowest BCUT2D eigenvalue weighted by molar-refractivity contribution is -0.119. The maximum absolute atomic E-state index is 13.2. The van der Waals surface area contributed by atoms with Crippen LogP contribution >= 0.6 is 11.6 Å². The zero-order valence-corrected chi connectivity index (χ0v) is 15.3. The maximum Gasteiger partial charge on any atom is 0.340 e. The highest BCUT2D eigenvalue weighted by molar-refractivity contribution is 6.33. The molecule has 2 aromatic carbocycles. The Morgan fingerprint density at radius 1 is 1.19 bits per heavy atom. The molecule has 1 amide bonds. The third-order valence-corrected chi connectivity index (χ3v) is 4.07. The van der Waals surface area contributed by atoms with Gasteiger partial charge >= 0.3 is 5.97 Å². The van der Waals surface area contributed by atoms with Gasteiger partial charge in [0.25, 0.3) is 5.91 Å². The van der Waals surface area contributed by atoms with Gasteiger partial charge in [-0.1, -0.05) is 43.6 Å². The topological polar surface area (TPSA) is 55.4 Å². The van der Waals surface area contributed by atoms with Gasteiger partial charge in [0.05, 0.1) is 10.6 Å². The second-order valence-electron chi connectivity index (χ2n) is 6.06. The van der Waals surface area contributed by atoms with Crippen molar-refractivity contribution in [2.45, 2.75) is 26.7 Å². The SMILES string of the molecule is Cc1cccc(C(C)C)c1NC(=O)COC(=O)c1cc(F)c(F)cc1Cl. The van der Waals surface area contributed by atoms with Crippen molar-refractivity contribution in [3.8, 4) is 0 Å². The average Bonchev–Trinajstić information content (AvgIpc) is 2.57. The lowest BCUT2D eigenvalue weighted by Gasteiger charge is -2.16. The quantitative estimate of drug-likeness (QED) is 0.595. The third-order valence-electron chi connectivity index (χ3n) is 3.76. The molecule has 2 rings (SSSR count). The lowest BCUT2D eigenvalue weighted by Crippen LogP contribution is -2.22. The number of esters is 1. The van der Waals surface area contributed by atoms with E-state index in [-0.39, 0.29) is 16.5 Å². The second kappa shape index (κ2) is 8.27. The molecule has 138 valence electrons. The van der Waals surface area contributed by atoms with E-state index < -0.39 is 30.1 Å². The molecule has 0 atom stereocenters. The van der Waals surface area contributed by atoms with Crippen LogP contribution in [-0.4, -0.2) is 18.5 Å². The first-order valence-corrected chi connectivity index (χ1v) is 8.29. The van der Waals surface area contributed by atoms with Gasteiger partial charge in [-0.05, 0) is 36.1 Å². The smallest absolute Gasteiger partial charge is 0.340 e. The van der Waals surface area contributed by atoms with Crippen molar-refractivity contribution in [2.24, 2.45) is 0 Å². The Morgan fingerprint density at radius 2 is 1.85 bits per heavy atom. The Hall–Kier alpha value is -2.47. The minimum atomic E-state index is -1.23. The molecule has 0 saturated carbocycles. The zero-order valence-electron chi connectivity index (χ0n) is 14.5. The van der Waals surface area contributed by atoms with Gasteiger partial charge in [0.2, 0.25) is 0 Å². The van der Waals surface area contributed by atoms with Crippen LogP contribution in [0.15, 0.2) is 30.3 Å². The van der Waals surface area contributed by atoms with Crippen LogP contribution in [0.3, 0.4) is 0 Å². The first-order chi connectivity index (χ1) is 12.2. The molecule has 0 saturated heterocycles. The fourth-order valence-electron chi connectivity index (χ4n) is 2.41. The molecule has 0 aliphatic rings. The van der Waals surface area contributed by atoms with Gasteiger partial charge in [-0.25, -0.2) is 13.6 Å². The largest absolute Gasteiger partial charge is 0.452 e. The number of hydrogen-bond donors (Lipinski definition) is 1. The van der Waals surface area contributed by atoms with Crippen LogP contribution in [0.1, 0.15) is 41.3 Å². The minimum absolute atomic E-state index is 0.189. The molecule has 2 aromatic rings. The molecular formula is C19H18ClF2NO3. The molecule has 0 fully saturated rings. The number of anilines is 1. The van der Waals surface area contributed by atoms with Crippen molar-refractivity contribution >= 4 is 29.2 Å². The highest BCUT2D eigenvalue weighted by Gasteiger charge is 2.18. The van der Waals surface area contributed by atoms with Gasteiger partial charge in [0.1, 0.15) is 0 Å². The van der Waals surface area contributed by atoms with E-state index in [0.29, 0.717) is 17.8 Å². The predicted molar refractivity (Wildman–Crippen MR) is 95.5 cm³/mol. The van der Waals surface area contributed by atoms with Gasteiger partial charge in [0.15, 0.2) is 18.2 Å². The summed E-state index contributed by atoms with van der Waals surface area (Å²) in [6.45, 7) is 5.26. The molecule has 0 radical (unpaired) electrons. The fraction of sp³-hybridized carbons (Fsp3) is 0.263. The molecule has 0 aliphatic carbocycles. The molecule has 0 aliphatic heterocycles. The van der Waals surface area contributed by atoms with Crippen molar-refractivity contribution in [3.63, 3.8) is 0 Å². The van der Waals surface area contributed by atoms with Gasteiger partial charge in [0, 0.05) is 5.69 Å². The van der Waals surface area contributed by atoms with Gasteiger partial charge in [-0.3, -0.25) is 4.79 Å². The van der Waals surface area contributed by atoms with Gasteiger partial charge in [-0.2, -0.15) is 0 Å². The Kier molecular flexibility index (Phi) is 6.32. The van der Waals surface area contributed by atoms with E-state index in [1.54, 1.807) is 0 Å². The number of ether oxygens (including phenoxy) is 1. The lowest BCUT2D eigenvalue weighted by atomic mass is 9.98. The van der Waals surface area contributed by atoms with Crippen molar-refractivity contribution < 1.29 is 23.1 Å². The van der Waals surface area contributed by atoms with E-state index in [1.807, 2.05) is 39.0 Å². The predicted octanol–water partition coefficient (Wildman–Crippen LogP) is 4.85. The number of aryl methyl sites for hydroxylation is 1. The number of halogens is 3. The van der Waals surface area contributed by atoms with Crippen LogP contribution in [0.25, 0.3) is 0 Å². The summed E-state index contributed by atoms with van der Waals surface area (Å²) in [4.78, 5) is 24.1. The standard InChI is InChI=1S/C19H18ClF2NO3/c1-10(2)12-6-4-5-11(3)18(12)23-17(24)9-26-19(25)13-7-15(21)16(22)8-14(13)20/h4-8,10H,9H2,1-3H3,(H,23,24). The van der Waals surface area contributed by atoms with E-state index in [9.17, 15) is 18.4 Å². The van der Waals surface area contributed by atoms with Crippen LogP contribution in [0.4, 0.5) is 14.5 Å². The minimum Gasteiger partial charge on any atom is -0.452 e. The summed E-state index contributed by atoms with van der Waals surface area (Å²) in [5.41, 5.74) is 2.14. The molecule has 0 heterocycles. The molecule has 0 spiro atoms. The summed E-state index contributed by atoms with van der Waals surface area (Å²) >= 11 is 5.71. The second-order valence-corrected chi connectivity index (χ2v) is 6.47. The van der Waals surface area contributed by atoms with E-state index >= 15 is 0 Å². The molecule has 1 N–H and O–H groups in total. The van der Waals surface area contributed by atoms with Crippen molar-refractivity contribution in [1.82, 2.24) is 0 Å². The Labute approximate surface area is 155 Å². The number of benzene rings is 2. The first-order valence-electron chi connectivity index (χ1n) is 7.91. The monoisotopic (exact) mass is 381 g/mol. The summed E-state index contributed by atoms with van der Waals surface area (Å²) in [6, 6.07) is 6.96. The summed E-state index contributed by atoms with van der Waals surface area (Å²) in [6.07, 6.45) is 0. The fourth-order valence-corrected chi connectivity index (χ4v) is 2.63. The van der Waals surface area contributed by atoms with E-state index in [0.717, 1.165) is 11.1 Å². The summed E-state index contributed by atoms with van der Waals surface area (Å²) in [7, 11) is 0. The Balaban J connectivity index is 2.06. The van der Waals surface area contributed by atoms with E-state index in [2.05, 4.69) is 5.32 Å².